The Morgan fingerprint density at radius 1 is 1.40 bits per heavy atom. The molecule has 4 N–H and O–H groups in total. The molecule has 6 nitrogen and oxygen atoms in total. The van der Waals surface area contributed by atoms with E-state index in [1.165, 1.54) is 0 Å². The van der Waals surface area contributed by atoms with Crippen LogP contribution in [0.4, 0.5) is 11.6 Å². The van der Waals surface area contributed by atoms with Gasteiger partial charge in [-0.2, -0.15) is 0 Å². The third-order valence-electron chi connectivity index (χ3n) is 3.48. The van der Waals surface area contributed by atoms with Gasteiger partial charge in [0.2, 0.25) is 0 Å². The summed E-state index contributed by atoms with van der Waals surface area (Å²) in [5, 5.41) is 10.1. The Balaban J connectivity index is 2.39. The smallest absolute Gasteiger partial charge is 0.148 e. The van der Waals surface area contributed by atoms with Crippen LogP contribution in [0, 0.1) is 6.92 Å². The van der Waals surface area contributed by atoms with Crippen LogP contribution in [-0.2, 0) is 0 Å². The van der Waals surface area contributed by atoms with Gasteiger partial charge >= 0.3 is 0 Å². The minimum Gasteiger partial charge on any atom is -0.389 e. The van der Waals surface area contributed by atoms with Crippen molar-refractivity contribution in [2.24, 2.45) is 5.84 Å². The van der Waals surface area contributed by atoms with Gasteiger partial charge in [-0.25, -0.2) is 15.8 Å². The van der Waals surface area contributed by atoms with E-state index in [4.69, 9.17) is 10.8 Å². The minimum atomic E-state index is -0.774. The topological polar surface area (TPSA) is 87.3 Å². The van der Waals surface area contributed by atoms with Crippen LogP contribution < -0.4 is 16.2 Å². The van der Waals surface area contributed by atoms with E-state index >= 15 is 0 Å². The van der Waals surface area contributed by atoms with Crippen LogP contribution in [0.15, 0.2) is 0 Å². The summed E-state index contributed by atoms with van der Waals surface area (Å²) in [7, 11) is 0. The lowest BCUT2D eigenvalue weighted by atomic mass is 10.1. The number of nitrogens with two attached hydrogens (primary N) is 1. The van der Waals surface area contributed by atoms with Gasteiger partial charge in [0.1, 0.15) is 17.5 Å². The number of nitrogens with zero attached hydrogens (tertiary/aromatic N) is 3. The first kappa shape index (κ1) is 15.0. The molecule has 0 saturated heterocycles. The third kappa shape index (κ3) is 3.37. The van der Waals surface area contributed by atoms with E-state index < -0.39 is 5.60 Å². The Morgan fingerprint density at radius 2 is 2.05 bits per heavy atom. The van der Waals surface area contributed by atoms with Crippen molar-refractivity contribution < 1.29 is 5.11 Å². The van der Waals surface area contributed by atoms with Crippen LogP contribution >= 0.6 is 0 Å². The first-order valence-electron chi connectivity index (χ1n) is 7.18. The Bertz CT molecular complexity index is 479. The Morgan fingerprint density at radius 3 is 2.50 bits per heavy atom. The summed E-state index contributed by atoms with van der Waals surface area (Å²) in [6.07, 6.45) is 2.29. The predicted octanol–water partition coefficient (Wildman–Crippen LogP) is 1.55. The number of aromatic nitrogens is 2. The second-order valence-corrected chi connectivity index (χ2v) is 6.12. The number of hydrogen-bond acceptors (Lipinski definition) is 6. The summed E-state index contributed by atoms with van der Waals surface area (Å²) in [6, 6.07) is 0. The molecule has 6 heteroatoms. The van der Waals surface area contributed by atoms with Crippen LogP contribution in [0.1, 0.15) is 50.9 Å². The number of anilines is 2. The molecule has 0 unspecified atom stereocenters. The molecule has 1 saturated carbocycles. The summed E-state index contributed by atoms with van der Waals surface area (Å²) in [6.45, 7) is 8.91. The molecule has 0 aliphatic heterocycles. The van der Waals surface area contributed by atoms with Crippen LogP contribution in [0.2, 0.25) is 0 Å². The molecule has 1 aliphatic rings. The molecule has 2 rings (SSSR count). The van der Waals surface area contributed by atoms with Gasteiger partial charge in [0.15, 0.2) is 0 Å². The van der Waals surface area contributed by atoms with Crippen molar-refractivity contribution in [2.75, 3.05) is 23.4 Å². The zero-order chi connectivity index (χ0) is 14.9. The van der Waals surface area contributed by atoms with Crippen LogP contribution in [0.25, 0.3) is 0 Å². The second-order valence-electron chi connectivity index (χ2n) is 6.12. The van der Waals surface area contributed by atoms with Crippen molar-refractivity contribution in [3.8, 4) is 0 Å². The molecule has 1 heterocycles. The normalized spacial score (nSPS) is 15.3. The van der Waals surface area contributed by atoms with E-state index in [0.29, 0.717) is 18.3 Å². The maximum atomic E-state index is 10.1. The van der Waals surface area contributed by atoms with Crippen molar-refractivity contribution in [1.29, 1.82) is 0 Å². The maximum Gasteiger partial charge on any atom is 0.148 e. The molecular weight excluding hydrogens is 254 g/mol. The molecule has 20 heavy (non-hydrogen) atoms. The van der Waals surface area contributed by atoms with Gasteiger partial charge in [0.25, 0.3) is 0 Å². The fourth-order valence-corrected chi connectivity index (χ4v) is 2.30. The lowest BCUT2D eigenvalue weighted by Crippen LogP contribution is -2.39. The Labute approximate surface area is 120 Å². The van der Waals surface area contributed by atoms with Gasteiger partial charge in [0.05, 0.1) is 5.60 Å². The predicted molar refractivity (Wildman–Crippen MR) is 80.7 cm³/mol. The molecule has 1 aromatic rings. The van der Waals surface area contributed by atoms with Crippen molar-refractivity contribution >= 4 is 11.6 Å². The number of likely N-dealkylation sites (N-methyl/N-ethyl adjacent to an activating group) is 1. The average Bonchev–Trinajstić information content (AvgIpc) is 3.19. The molecule has 0 radical (unpaired) electrons. The minimum absolute atomic E-state index is 0.460. The Hall–Kier alpha value is -1.40. The number of rotatable bonds is 6. The van der Waals surface area contributed by atoms with Gasteiger partial charge in [-0.3, -0.25) is 0 Å². The fourth-order valence-electron chi connectivity index (χ4n) is 2.30. The monoisotopic (exact) mass is 279 g/mol. The van der Waals surface area contributed by atoms with Crippen molar-refractivity contribution in [3.05, 3.63) is 11.4 Å². The SMILES string of the molecule is CCN(CC(C)(C)O)c1nc(C2CC2)nc(NN)c1C. The molecule has 0 aromatic carbocycles. The van der Waals surface area contributed by atoms with Gasteiger partial charge < -0.3 is 15.4 Å². The molecule has 0 atom stereocenters. The lowest BCUT2D eigenvalue weighted by Gasteiger charge is -2.30. The number of hydrazine groups is 1. The van der Waals surface area contributed by atoms with Gasteiger partial charge in [-0.05, 0) is 40.5 Å². The van der Waals surface area contributed by atoms with Gasteiger partial charge in [-0.1, -0.05) is 0 Å². The summed E-state index contributed by atoms with van der Waals surface area (Å²) in [5.74, 6) is 8.42. The highest BCUT2D eigenvalue weighted by Crippen LogP contribution is 2.40. The molecule has 0 spiro atoms. The Kier molecular flexibility index (Phi) is 4.15. The highest BCUT2D eigenvalue weighted by Gasteiger charge is 2.29. The first-order chi connectivity index (χ1) is 9.35. The second kappa shape index (κ2) is 5.54. The zero-order valence-electron chi connectivity index (χ0n) is 12.8. The van der Waals surface area contributed by atoms with Crippen molar-refractivity contribution in [1.82, 2.24) is 9.97 Å². The molecular formula is C14H25N5O. The highest BCUT2D eigenvalue weighted by molar-refractivity contribution is 5.58. The zero-order valence-corrected chi connectivity index (χ0v) is 12.8. The summed E-state index contributed by atoms with van der Waals surface area (Å²) in [5.41, 5.74) is 2.81. The highest BCUT2D eigenvalue weighted by atomic mass is 16.3. The lowest BCUT2D eigenvalue weighted by molar-refractivity contribution is 0.0874. The number of nitrogen functional groups attached to an aromatic ring is 1. The number of hydrogen-bond donors (Lipinski definition) is 3. The first-order valence-corrected chi connectivity index (χ1v) is 7.18. The van der Waals surface area contributed by atoms with Gasteiger partial charge in [-0.15, -0.1) is 0 Å². The quantitative estimate of drug-likeness (QED) is 0.541. The molecule has 0 bridgehead atoms. The summed E-state index contributed by atoms with van der Waals surface area (Å²) in [4.78, 5) is 11.3. The van der Waals surface area contributed by atoms with E-state index in [-0.39, 0.29) is 0 Å². The number of nitrogens with one attached hydrogen (secondary N) is 1. The molecule has 0 amide bonds. The van der Waals surface area contributed by atoms with Crippen LogP contribution in [0.5, 0.6) is 0 Å². The summed E-state index contributed by atoms with van der Waals surface area (Å²) >= 11 is 0. The maximum absolute atomic E-state index is 10.1. The molecule has 1 fully saturated rings. The van der Waals surface area contributed by atoms with E-state index in [2.05, 4.69) is 22.2 Å². The molecule has 1 aliphatic carbocycles. The molecule has 112 valence electrons. The number of aliphatic hydroxyl groups is 1. The van der Waals surface area contributed by atoms with Crippen molar-refractivity contribution in [3.63, 3.8) is 0 Å². The van der Waals surface area contributed by atoms with Gasteiger partial charge in [0, 0.05) is 24.6 Å². The fraction of sp³-hybridized carbons (Fsp3) is 0.714. The van der Waals surface area contributed by atoms with Crippen LogP contribution in [0.3, 0.4) is 0 Å². The largest absolute Gasteiger partial charge is 0.389 e. The van der Waals surface area contributed by atoms with E-state index in [9.17, 15) is 5.11 Å². The third-order valence-corrected chi connectivity index (χ3v) is 3.48. The van der Waals surface area contributed by atoms with E-state index in [0.717, 1.165) is 36.6 Å². The van der Waals surface area contributed by atoms with Crippen molar-refractivity contribution in [2.45, 2.75) is 52.1 Å². The summed E-state index contributed by atoms with van der Waals surface area (Å²) < 4.78 is 0. The standard InChI is InChI=1S/C14H25N5O/c1-5-19(8-14(3,4)20)13-9(2)11(18-15)16-12(17-13)10-6-7-10/h10,20H,5-8,15H2,1-4H3,(H,16,17,18). The van der Waals surface area contributed by atoms with E-state index in [1.807, 2.05) is 6.92 Å². The molecule has 1 aromatic heterocycles. The average molecular weight is 279 g/mol. The van der Waals surface area contributed by atoms with Crippen LogP contribution in [-0.4, -0.2) is 33.8 Å². The van der Waals surface area contributed by atoms with E-state index in [1.54, 1.807) is 13.8 Å².